The van der Waals surface area contributed by atoms with E-state index in [4.69, 9.17) is 77.0 Å². The molecule has 0 amide bonds. The van der Waals surface area contributed by atoms with Crippen molar-refractivity contribution >= 4 is 145 Å². The van der Waals surface area contributed by atoms with E-state index >= 15 is 0 Å². The predicted molar refractivity (Wildman–Crippen MR) is 47.7 cm³/mol. The van der Waals surface area contributed by atoms with Gasteiger partial charge in [0.1, 0.15) is 0 Å². The molecule has 0 heterocycles. The van der Waals surface area contributed by atoms with Crippen LogP contribution >= 0.6 is 31.3 Å². The van der Waals surface area contributed by atoms with Crippen LogP contribution in [0.1, 0.15) is 0 Å². The summed E-state index contributed by atoms with van der Waals surface area (Å²) in [6, 6.07) is 0. The molecule has 0 bridgehead atoms. The van der Waals surface area contributed by atoms with Gasteiger partial charge in [-0.05, 0) is 0 Å². The normalized spacial score (nSPS) is 9.08. The van der Waals surface area contributed by atoms with Crippen LogP contribution in [0.2, 0.25) is 0 Å². The smallest absolute Gasteiger partial charge is 0.822 e. The van der Waals surface area contributed by atoms with Crippen molar-refractivity contribution in [1.82, 2.24) is 0 Å². The van der Waals surface area contributed by atoms with Gasteiger partial charge in [-0.3, -0.25) is 0 Å². The molecular formula is Ca3Cu3O16P4. The van der Waals surface area contributed by atoms with Crippen molar-refractivity contribution in [3.63, 3.8) is 0 Å². The minimum absolute atomic E-state index is 0. The summed E-state index contributed by atoms with van der Waals surface area (Å²) in [5.41, 5.74) is 0. The van der Waals surface area contributed by atoms with E-state index in [1.807, 2.05) is 0 Å². The molecule has 0 saturated carbocycles. The molecule has 0 spiro atoms. The van der Waals surface area contributed by atoms with Crippen LogP contribution in [0, 0.1) is 0 Å². The molecule has 0 aliphatic heterocycles. The Morgan fingerprint density at radius 3 is 0.308 bits per heavy atom. The van der Waals surface area contributed by atoms with Crippen LogP contribution in [0.15, 0.2) is 0 Å². The summed E-state index contributed by atoms with van der Waals surface area (Å²) < 4.78 is 34.2. The summed E-state index contributed by atoms with van der Waals surface area (Å²) in [5, 5.41) is 0. The van der Waals surface area contributed by atoms with Crippen molar-refractivity contribution in [2.24, 2.45) is 0 Å². The Morgan fingerprint density at radius 2 is 0.308 bits per heavy atom. The van der Waals surface area contributed by atoms with Crippen molar-refractivity contribution in [2.45, 2.75) is 0 Å². The summed E-state index contributed by atoms with van der Waals surface area (Å²) in [4.78, 5) is 103. The zero-order valence-corrected chi connectivity index (χ0v) is 24.4. The number of hydrogen-bond acceptors (Lipinski definition) is 16. The van der Waals surface area contributed by atoms with E-state index in [9.17, 15) is 0 Å². The second kappa shape index (κ2) is 30.8. The maximum atomic E-state index is 8.55. The molecule has 0 saturated heterocycles. The van der Waals surface area contributed by atoms with E-state index in [1.165, 1.54) is 0 Å². The fraction of sp³-hybridized carbons (Fsp3) is 0. The van der Waals surface area contributed by atoms with E-state index < -0.39 is 31.3 Å². The Morgan fingerprint density at radius 1 is 0.308 bits per heavy atom. The first-order valence-corrected chi connectivity index (χ1v) is 8.76. The molecule has 155 valence electrons. The molecule has 0 rings (SSSR count). The van der Waals surface area contributed by atoms with Crippen LogP contribution in [0.25, 0.3) is 0 Å². The molecule has 0 aromatic carbocycles. The van der Waals surface area contributed by atoms with Crippen molar-refractivity contribution < 1.29 is 128 Å². The minimum Gasteiger partial charge on any atom is -0.822 e. The van der Waals surface area contributed by atoms with E-state index in [0.29, 0.717) is 0 Å². The van der Waals surface area contributed by atoms with Gasteiger partial charge >= 0.3 is 164 Å². The topological polar surface area (TPSA) is 345 Å². The van der Waals surface area contributed by atoms with Crippen LogP contribution in [0.5, 0.6) is 0 Å². The van der Waals surface area contributed by atoms with E-state index in [1.54, 1.807) is 0 Å². The average Bonchev–Trinajstić information content (AvgIpc) is 1.62. The van der Waals surface area contributed by atoms with Gasteiger partial charge < -0.3 is 77.0 Å². The van der Waals surface area contributed by atoms with Gasteiger partial charge in [-0.25, -0.2) is 0 Å². The van der Waals surface area contributed by atoms with E-state index in [-0.39, 0.29) is 164 Å². The first kappa shape index (κ1) is 63.5. The Labute approximate surface area is 267 Å². The third-order valence-electron chi connectivity index (χ3n) is 0. The molecule has 16 nitrogen and oxygen atoms in total. The molecule has 0 fully saturated rings. The van der Waals surface area contributed by atoms with Gasteiger partial charge in [-0.2, -0.15) is 31.3 Å². The van der Waals surface area contributed by atoms with Crippen molar-refractivity contribution in [3.05, 3.63) is 0 Å². The summed E-state index contributed by atoms with van der Waals surface area (Å²) >= 11 is 0. The van der Waals surface area contributed by atoms with Gasteiger partial charge in [0.25, 0.3) is 0 Å². The summed E-state index contributed by atoms with van der Waals surface area (Å²) in [6.45, 7) is 0. The van der Waals surface area contributed by atoms with Crippen LogP contribution in [0.3, 0.4) is 0 Å². The van der Waals surface area contributed by atoms with Gasteiger partial charge in [0.05, 0.1) is 0 Å². The third-order valence-corrected chi connectivity index (χ3v) is 0. The SMILES string of the molecule is O=P([O-])([O-])[O-].O=P([O-])([O-])[O-].O=P([O-])([O-])[O-].O=P([O-])([O-])[O-].[Ca+2].[Ca+2].[Ca+2].[Cu+2].[Cu+2].[Cu+2]. The first-order chi connectivity index (χ1) is 8.00. The summed E-state index contributed by atoms with van der Waals surface area (Å²) in [7, 11) is -21.6. The van der Waals surface area contributed by atoms with Crippen molar-refractivity contribution in [2.75, 3.05) is 0 Å². The fourth-order valence-corrected chi connectivity index (χ4v) is 0. The molecule has 26 heavy (non-hydrogen) atoms. The van der Waals surface area contributed by atoms with Gasteiger partial charge in [-0.15, -0.1) is 0 Å². The van der Waals surface area contributed by atoms with E-state index in [2.05, 4.69) is 0 Å². The van der Waals surface area contributed by atoms with E-state index in [0.717, 1.165) is 0 Å². The molecule has 0 aromatic rings. The minimum atomic E-state index is -5.39. The Balaban J connectivity index is -0.0000000152. The number of hydrogen-bond donors (Lipinski definition) is 0. The second-order valence-electron chi connectivity index (χ2n) is 1.79. The van der Waals surface area contributed by atoms with Gasteiger partial charge in [-0.1, -0.05) is 0 Å². The van der Waals surface area contributed by atoms with Crippen molar-refractivity contribution in [1.29, 1.82) is 0 Å². The molecule has 0 aliphatic rings. The standard InChI is InChI=1S/3Ca.3Cu.4H3O4P/c;;;;;;4*1-5(2,3)4/h;;;;;;4*(H3,1,2,3,4)/q6*+2;;;;/p-12. The maximum absolute atomic E-state index is 8.55. The number of phosphoric acid groups is 4. The Hall–Kier alpha value is 5.78. The zero-order valence-electron chi connectivity index (χ0n) is 11.3. The quantitative estimate of drug-likeness (QED) is 0.168. The van der Waals surface area contributed by atoms with Crippen LogP contribution < -0.4 is 58.7 Å². The van der Waals surface area contributed by atoms with Gasteiger partial charge in [0, 0.05) is 0 Å². The molecule has 3 radical (unpaired) electrons. The maximum Gasteiger partial charge on any atom is 2.00 e. The molecular weight excluding hydrogens is 691 g/mol. The molecule has 26 heteroatoms. The van der Waals surface area contributed by atoms with Crippen LogP contribution in [-0.4, -0.2) is 113 Å². The monoisotopic (exact) mass is 688 g/mol. The molecule has 0 unspecified atom stereocenters. The van der Waals surface area contributed by atoms with Crippen LogP contribution in [0.4, 0.5) is 0 Å². The molecule has 0 atom stereocenters. The van der Waals surface area contributed by atoms with Gasteiger partial charge in [0.2, 0.25) is 0 Å². The predicted octanol–water partition coefficient (Wildman–Crippen LogP) is -12.4. The largest absolute Gasteiger partial charge is 2.00 e. The molecule has 0 aliphatic carbocycles. The summed E-state index contributed by atoms with van der Waals surface area (Å²) in [6.07, 6.45) is 0. The van der Waals surface area contributed by atoms with Gasteiger partial charge in [0.15, 0.2) is 0 Å². The zero-order chi connectivity index (χ0) is 18.0. The third kappa shape index (κ3) is 739. The second-order valence-corrected chi connectivity index (χ2v) is 5.37. The Kier molecular flexibility index (Phi) is 75.1. The average molecular weight is 691 g/mol. The molecule has 0 N–H and O–H groups in total. The molecule has 0 aromatic heterocycles. The summed E-state index contributed by atoms with van der Waals surface area (Å²) in [5.74, 6) is 0. The fourth-order valence-electron chi connectivity index (χ4n) is 0. The Bertz CT molecular complexity index is 305. The van der Waals surface area contributed by atoms with Crippen LogP contribution in [-0.2, 0) is 69.5 Å². The number of rotatable bonds is 0. The van der Waals surface area contributed by atoms with Crippen molar-refractivity contribution in [3.8, 4) is 0 Å². The first-order valence-electron chi connectivity index (χ1n) is 2.92.